The fourth-order valence-electron chi connectivity index (χ4n) is 1.26. The van der Waals surface area contributed by atoms with Gasteiger partial charge in [0.25, 0.3) is 0 Å². The Morgan fingerprint density at radius 3 is 2.94 bits per heavy atom. The minimum Gasteiger partial charge on any atom is -0.341 e. The van der Waals surface area contributed by atoms with Crippen molar-refractivity contribution in [2.75, 3.05) is 13.7 Å². The second kappa shape index (κ2) is 6.63. The average molecular weight is 219 g/mol. The molecule has 0 heterocycles. The van der Waals surface area contributed by atoms with Gasteiger partial charge in [-0.3, -0.25) is 0 Å². The smallest absolute Gasteiger partial charge is 0.314 e. The number of benzene rings is 1. The maximum atomic E-state index is 11.0. The SMILES string of the molecule is CNC(=O)NCc1cccc(/C=C/C[O])c1. The summed E-state index contributed by atoms with van der Waals surface area (Å²) in [5, 5.41) is 15.5. The van der Waals surface area contributed by atoms with E-state index in [1.807, 2.05) is 24.3 Å². The zero-order valence-corrected chi connectivity index (χ0v) is 9.19. The molecule has 0 aliphatic rings. The van der Waals surface area contributed by atoms with Gasteiger partial charge in [-0.05, 0) is 17.2 Å². The third-order valence-electron chi connectivity index (χ3n) is 2.04. The number of carbonyl (C=O) groups is 1. The minimum absolute atomic E-state index is 0.208. The largest absolute Gasteiger partial charge is 0.341 e. The van der Waals surface area contributed by atoms with Crippen LogP contribution in [-0.4, -0.2) is 19.7 Å². The van der Waals surface area contributed by atoms with Crippen LogP contribution in [0.5, 0.6) is 0 Å². The highest BCUT2D eigenvalue weighted by Crippen LogP contribution is 2.06. The third kappa shape index (κ3) is 4.14. The van der Waals surface area contributed by atoms with Crippen LogP contribution in [0.1, 0.15) is 11.1 Å². The summed E-state index contributed by atoms with van der Waals surface area (Å²) in [5.74, 6) is 0. The van der Waals surface area contributed by atoms with Gasteiger partial charge in [0.2, 0.25) is 0 Å². The van der Waals surface area contributed by atoms with Gasteiger partial charge in [-0.2, -0.15) is 0 Å². The minimum atomic E-state index is -0.222. The number of nitrogens with one attached hydrogen (secondary N) is 2. The molecule has 1 rings (SSSR count). The van der Waals surface area contributed by atoms with Crippen LogP contribution in [0.2, 0.25) is 0 Å². The van der Waals surface area contributed by atoms with Gasteiger partial charge in [-0.15, -0.1) is 0 Å². The molecule has 0 saturated carbocycles. The van der Waals surface area contributed by atoms with Crippen molar-refractivity contribution in [3.8, 4) is 0 Å². The van der Waals surface area contributed by atoms with E-state index in [1.165, 1.54) is 0 Å². The van der Waals surface area contributed by atoms with E-state index in [1.54, 1.807) is 19.2 Å². The summed E-state index contributed by atoms with van der Waals surface area (Å²) in [6.45, 7) is 0.249. The average Bonchev–Trinajstić information content (AvgIpc) is 2.34. The number of hydrogen-bond donors (Lipinski definition) is 2. The highest BCUT2D eigenvalue weighted by molar-refractivity contribution is 5.73. The van der Waals surface area contributed by atoms with Crippen molar-refractivity contribution in [1.82, 2.24) is 10.6 Å². The zero-order valence-electron chi connectivity index (χ0n) is 9.19. The van der Waals surface area contributed by atoms with E-state index >= 15 is 0 Å². The van der Waals surface area contributed by atoms with Crippen LogP contribution in [0.3, 0.4) is 0 Å². The van der Waals surface area contributed by atoms with E-state index in [0.717, 1.165) is 11.1 Å². The third-order valence-corrected chi connectivity index (χ3v) is 2.04. The molecule has 4 heteroatoms. The standard InChI is InChI=1S/C12H15N2O2/c1-13-12(16)14-9-11-5-2-4-10(8-11)6-3-7-15/h2-6,8H,7,9H2,1H3,(H2,13,14,16)/b6-3+. The molecular weight excluding hydrogens is 204 g/mol. The molecule has 0 unspecified atom stereocenters. The quantitative estimate of drug-likeness (QED) is 0.793. The van der Waals surface area contributed by atoms with Crippen LogP contribution in [0.4, 0.5) is 4.79 Å². The van der Waals surface area contributed by atoms with E-state index in [-0.39, 0.29) is 12.6 Å². The van der Waals surface area contributed by atoms with Crippen molar-refractivity contribution < 1.29 is 9.90 Å². The molecule has 0 atom stereocenters. The van der Waals surface area contributed by atoms with Crippen LogP contribution >= 0.6 is 0 Å². The lowest BCUT2D eigenvalue weighted by molar-refractivity contribution is 0.233. The molecule has 2 N–H and O–H groups in total. The van der Waals surface area contributed by atoms with E-state index < -0.39 is 0 Å². The second-order valence-electron chi connectivity index (χ2n) is 3.25. The molecule has 16 heavy (non-hydrogen) atoms. The van der Waals surface area contributed by atoms with Crippen LogP contribution in [0.25, 0.3) is 6.08 Å². The molecular formula is C12H15N2O2. The first-order chi connectivity index (χ1) is 7.76. The Hall–Kier alpha value is -1.81. The number of carbonyl (C=O) groups excluding carboxylic acids is 1. The monoisotopic (exact) mass is 219 g/mol. The summed E-state index contributed by atoms with van der Waals surface area (Å²) in [6, 6.07) is 7.45. The highest BCUT2D eigenvalue weighted by Gasteiger charge is 1.97. The first-order valence-electron chi connectivity index (χ1n) is 5.05. The molecule has 4 nitrogen and oxygen atoms in total. The molecule has 1 radical (unpaired) electrons. The van der Waals surface area contributed by atoms with Crippen molar-refractivity contribution in [2.24, 2.45) is 0 Å². The van der Waals surface area contributed by atoms with Crippen molar-refractivity contribution >= 4 is 12.1 Å². The van der Waals surface area contributed by atoms with Crippen LogP contribution in [0.15, 0.2) is 30.3 Å². The lowest BCUT2D eigenvalue weighted by atomic mass is 10.1. The van der Waals surface area contributed by atoms with Crippen molar-refractivity contribution in [1.29, 1.82) is 0 Å². The summed E-state index contributed by atoms with van der Waals surface area (Å²) < 4.78 is 0. The Balaban J connectivity index is 2.60. The Kier molecular flexibility index (Phi) is 5.08. The molecule has 2 amide bonds. The maximum Gasteiger partial charge on any atom is 0.314 e. The van der Waals surface area contributed by atoms with Crippen molar-refractivity contribution in [3.63, 3.8) is 0 Å². The van der Waals surface area contributed by atoms with Crippen LogP contribution in [-0.2, 0) is 11.7 Å². The van der Waals surface area contributed by atoms with E-state index in [2.05, 4.69) is 10.6 Å². The Bertz CT molecular complexity index is 375. The predicted octanol–water partition coefficient (Wildman–Crippen LogP) is 1.56. The molecule has 0 bridgehead atoms. The molecule has 0 fully saturated rings. The van der Waals surface area contributed by atoms with Gasteiger partial charge in [0, 0.05) is 13.6 Å². The number of hydrogen-bond acceptors (Lipinski definition) is 1. The molecule has 1 aromatic rings. The molecule has 0 spiro atoms. The molecule has 1 aromatic carbocycles. The summed E-state index contributed by atoms with van der Waals surface area (Å²) in [5.41, 5.74) is 1.96. The van der Waals surface area contributed by atoms with E-state index in [9.17, 15) is 9.90 Å². The molecule has 0 aliphatic heterocycles. The topological polar surface area (TPSA) is 61.0 Å². The molecule has 0 saturated heterocycles. The van der Waals surface area contributed by atoms with Gasteiger partial charge in [0.1, 0.15) is 6.61 Å². The number of amides is 2. The Morgan fingerprint density at radius 2 is 2.25 bits per heavy atom. The number of urea groups is 1. The van der Waals surface area contributed by atoms with Crippen LogP contribution < -0.4 is 10.6 Å². The lowest BCUT2D eigenvalue weighted by Crippen LogP contribution is -2.32. The van der Waals surface area contributed by atoms with E-state index in [0.29, 0.717) is 6.54 Å². The van der Waals surface area contributed by atoms with Gasteiger partial charge in [-0.25, -0.2) is 9.90 Å². The van der Waals surface area contributed by atoms with Crippen molar-refractivity contribution in [2.45, 2.75) is 6.54 Å². The second-order valence-corrected chi connectivity index (χ2v) is 3.25. The Labute approximate surface area is 95.0 Å². The fourth-order valence-corrected chi connectivity index (χ4v) is 1.26. The van der Waals surface area contributed by atoms with Crippen molar-refractivity contribution in [3.05, 3.63) is 41.5 Å². The van der Waals surface area contributed by atoms with Crippen LogP contribution in [0, 0.1) is 0 Å². The van der Waals surface area contributed by atoms with Gasteiger partial charge >= 0.3 is 6.03 Å². The van der Waals surface area contributed by atoms with Gasteiger partial charge in [0.05, 0.1) is 0 Å². The molecule has 85 valence electrons. The molecule has 0 aliphatic carbocycles. The number of rotatable bonds is 4. The maximum absolute atomic E-state index is 11.0. The first-order valence-corrected chi connectivity index (χ1v) is 5.05. The van der Waals surface area contributed by atoms with Gasteiger partial charge in [-0.1, -0.05) is 30.4 Å². The van der Waals surface area contributed by atoms with Gasteiger partial charge < -0.3 is 10.6 Å². The fraction of sp³-hybridized carbons (Fsp3) is 0.250. The summed E-state index contributed by atoms with van der Waals surface area (Å²) in [7, 11) is 1.57. The lowest BCUT2D eigenvalue weighted by Gasteiger charge is -2.05. The first kappa shape index (κ1) is 12.3. The van der Waals surface area contributed by atoms with E-state index in [4.69, 9.17) is 0 Å². The zero-order chi connectivity index (χ0) is 11.8. The molecule has 0 aromatic heterocycles. The summed E-state index contributed by atoms with van der Waals surface area (Å²) in [4.78, 5) is 11.0. The Morgan fingerprint density at radius 1 is 1.44 bits per heavy atom. The van der Waals surface area contributed by atoms with Gasteiger partial charge in [0.15, 0.2) is 0 Å². The predicted molar refractivity (Wildman–Crippen MR) is 62.3 cm³/mol. The summed E-state index contributed by atoms with van der Waals surface area (Å²) >= 11 is 0. The summed E-state index contributed by atoms with van der Waals surface area (Å²) in [6.07, 6.45) is 3.34. The highest BCUT2D eigenvalue weighted by atomic mass is 16.2. The normalized spacial score (nSPS) is 10.4.